The zero-order valence-electron chi connectivity index (χ0n) is 14.7. The van der Waals surface area contributed by atoms with Crippen LogP contribution in [0.1, 0.15) is 10.4 Å². The number of aromatic nitrogens is 1. The maximum atomic E-state index is 12.3. The van der Waals surface area contributed by atoms with Crippen molar-refractivity contribution in [2.45, 2.75) is 0 Å². The van der Waals surface area contributed by atoms with Crippen LogP contribution in [0.4, 0.5) is 5.69 Å². The summed E-state index contributed by atoms with van der Waals surface area (Å²) in [6, 6.07) is 12.9. The minimum absolute atomic E-state index is 0.0701. The normalized spacial score (nSPS) is 14.2. The smallest absolute Gasteiger partial charge is 0.251 e. The van der Waals surface area contributed by atoms with Crippen LogP contribution >= 0.6 is 0 Å². The van der Waals surface area contributed by atoms with E-state index in [1.165, 1.54) is 16.8 Å². The third-order valence-electron chi connectivity index (χ3n) is 4.52. The van der Waals surface area contributed by atoms with Crippen LogP contribution in [0.15, 0.2) is 53.5 Å². The number of aryl methyl sites for hydroxylation is 1. The van der Waals surface area contributed by atoms with Crippen molar-refractivity contribution in [2.75, 3.05) is 37.6 Å². The number of carbonyl (C=O) groups excluding carboxylic acids is 2. The number of nitrogens with zero attached hydrogens (tertiary/aromatic N) is 3. The van der Waals surface area contributed by atoms with Crippen molar-refractivity contribution in [3.05, 3.63) is 64.6 Å². The second-order valence-corrected chi connectivity index (χ2v) is 6.25. The SMILES string of the molecule is Cn1ccc(C(=O)NCC(=O)N2CCN(c3ccccc3)CC2)cc1=O. The van der Waals surface area contributed by atoms with Gasteiger partial charge in [-0.15, -0.1) is 0 Å². The molecule has 0 radical (unpaired) electrons. The topological polar surface area (TPSA) is 74.7 Å². The van der Waals surface area contributed by atoms with Crippen LogP contribution in [0.25, 0.3) is 0 Å². The van der Waals surface area contributed by atoms with Gasteiger partial charge in [-0.25, -0.2) is 0 Å². The predicted molar refractivity (Wildman–Crippen MR) is 99.3 cm³/mol. The number of anilines is 1. The standard InChI is InChI=1S/C19H22N4O3/c1-21-8-7-15(13-17(21)24)19(26)20-14-18(25)23-11-9-22(10-12-23)16-5-3-2-4-6-16/h2-8,13H,9-12,14H2,1H3,(H,20,26). The van der Waals surface area contributed by atoms with Gasteiger partial charge in [0.05, 0.1) is 6.54 Å². The third-order valence-corrected chi connectivity index (χ3v) is 4.52. The summed E-state index contributed by atoms with van der Waals surface area (Å²) in [6.07, 6.45) is 1.53. The van der Waals surface area contributed by atoms with Gasteiger partial charge in [0.1, 0.15) is 0 Å². The molecule has 136 valence electrons. The Morgan fingerprint density at radius 2 is 1.73 bits per heavy atom. The third kappa shape index (κ3) is 4.11. The van der Waals surface area contributed by atoms with Gasteiger partial charge in [-0.3, -0.25) is 14.4 Å². The molecule has 2 heterocycles. The predicted octanol–water partition coefficient (Wildman–Crippen LogP) is 0.464. The lowest BCUT2D eigenvalue weighted by molar-refractivity contribution is -0.130. The lowest BCUT2D eigenvalue weighted by Crippen LogP contribution is -2.51. The molecule has 1 aromatic heterocycles. The molecule has 0 atom stereocenters. The minimum Gasteiger partial charge on any atom is -0.368 e. The Morgan fingerprint density at radius 3 is 2.38 bits per heavy atom. The Kier molecular flexibility index (Phi) is 5.36. The Bertz CT molecular complexity index is 839. The van der Waals surface area contributed by atoms with E-state index < -0.39 is 5.91 Å². The van der Waals surface area contributed by atoms with Crippen LogP contribution in [-0.2, 0) is 11.8 Å². The second-order valence-electron chi connectivity index (χ2n) is 6.25. The maximum Gasteiger partial charge on any atom is 0.251 e. The van der Waals surface area contributed by atoms with Crippen LogP contribution in [-0.4, -0.2) is 54.0 Å². The number of benzene rings is 1. The highest BCUT2D eigenvalue weighted by atomic mass is 16.2. The lowest BCUT2D eigenvalue weighted by Gasteiger charge is -2.36. The molecule has 1 saturated heterocycles. The highest BCUT2D eigenvalue weighted by molar-refractivity contribution is 5.96. The summed E-state index contributed by atoms with van der Waals surface area (Å²) in [4.78, 5) is 40.0. The fourth-order valence-electron chi connectivity index (χ4n) is 2.91. The first-order valence-electron chi connectivity index (χ1n) is 8.57. The molecule has 0 saturated carbocycles. The maximum absolute atomic E-state index is 12.3. The molecule has 1 aromatic carbocycles. The first kappa shape index (κ1) is 17.7. The number of hydrogen-bond donors (Lipinski definition) is 1. The molecule has 2 amide bonds. The molecule has 1 N–H and O–H groups in total. The fourth-order valence-corrected chi connectivity index (χ4v) is 2.91. The fraction of sp³-hybridized carbons (Fsp3) is 0.316. The first-order valence-corrected chi connectivity index (χ1v) is 8.57. The second kappa shape index (κ2) is 7.86. The number of carbonyl (C=O) groups is 2. The van der Waals surface area contributed by atoms with Gasteiger partial charge in [-0.2, -0.15) is 0 Å². The summed E-state index contributed by atoms with van der Waals surface area (Å²) >= 11 is 0. The summed E-state index contributed by atoms with van der Waals surface area (Å²) in [5.41, 5.74) is 1.15. The van der Waals surface area contributed by atoms with Gasteiger partial charge in [0.25, 0.3) is 11.5 Å². The molecule has 7 nitrogen and oxygen atoms in total. The van der Waals surface area contributed by atoms with Gasteiger partial charge in [0.15, 0.2) is 0 Å². The van der Waals surface area contributed by atoms with E-state index in [4.69, 9.17) is 0 Å². The van der Waals surface area contributed by atoms with E-state index in [0.717, 1.165) is 18.8 Å². The zero-order chi connectivity index (χ0) is 18.5. The number of nitrogens with one attached hydrogen (secondary N) is 1. The van der Waals surface area contributed by atoms with Gasteiger partial charge in [0, 0.05) is 56.7 Å². The van der Waals surface area contributed by atoms with Crippen molar-refractivity contribution in [3.63, 3.8) is 0 Å². The monoisotopic (exact) mass is 354 g/mol. The largest absolute Gasteiger partial charge is 0.368 e. The first-order chi connectivity index (χ1) is 12.5. The molecular weight excluding hydrogens is 332 g/mol. The molecule has 26 heavy (non-hydrogen) atoms. The molecular formula is C19H22N4O3. The van der Waals surface area contributed by atoms with E-state index in [0.29, 0.717) is 13.1 Å². The number of hydrogen-bond acceptors (Lipinski definition) is 4. The molecule has 0 unspecified atom stereocenters. The average Bonchev–Trinajstić information content (AvgIpc) is 2.68. The quantitative estimate of drug-likeness (QED) is 0.866. The van der Waals surface area contributed by atoms with Gasteiger partial charge < -0.3 is 19.7 Å². The zero-order valence-corrected chi connectivity index (χ0v) is 14.7. The van der Waals surface area contributed by atoms with E-state index in [2.05, 4.69) is 22.3 Å². The van der Waals surface area contributed by atoms with Crippen molar-refractivity contribution in [1.29, 1.82) is 0 Å². The highest BCUT2D eigenvalue weighted by Gasteiger charge is 2.21. The Hall–Kier alpha value is -3.09. The lowest BCUT2D eigenvalue weighted by atomic mass is 10.2. The van der Waals surface area contributed by atoms with Gasteiger partial charge in [-0.05, 0) is 18.2 Å². The summed E-state index contributed by atoms with van der Waals surface area (Å²) < 4.78 is 1.38. The van der Waals surface area contributed by atoms with Crippen LogP contribution < -0.4 is 15.8 Å². The average molecular weight is 354 g/mol. The number of piperazine rings is 1. The Morgan fingerprint density at radius 1 is 1.04 bits per heavy atom. The molecule has 1 aliphatic rings. The van der Waals surface area contributed by atoms with Gasteiger partial charge >= 0.3 is 0 Å². The summed E-state index contributed by atoms with van der Waals surface area (Å²) in [5, 5.41) is 2.59. The van der Waals surface area contributed by atoms with Crippen molar-refractivity contribution in [1.82, 2.24) is 14.8 Å². The molecule has 3 rings (SSSR count). The van der Waals surface area contributed by atoms with Crippen molar-refractivity contribution in [2.24, 2.45) is 7.05 Å². The summed E-state index contributed by atoms with van der Waals surface area (Å²) in [7, 11) is 1.61. The van der Waals surface area contributed by atoms with E-state index in [1.807, 2.05) is 18.2 Å². The van der Waals surface area contributed by atoms with Crippen LogP contribution in [0.5, 0.6) is 0 Å². The molecule has 0 bridgehead atoms. The van der Waals surface area contributed by atoms with Gasteiger partial charge in [0.2, 0.25) is 5.91 Å². The molecule has 0 spiro atoms. The Balaban J connectivity index is 1.49. The number of amides is 2. The van der Waals surface area contributed by atoms with Crippen LogP contribution in [0, 0.1) is 0 Å². The summed E-state index contributed by atoms with van der Waals surface area (Å²) in [6.45, 7) is 2.70. The molecule has 1 aliphatic heterocycles. The number of rotatable bonds is 4. The van der Waals surface area contributed by atoms with E-state index in [9.17, 15) is 14.4 Å². The van der Waals surface area contributed by atoms with E-state index in [1.54, 1.807) is 18.0 Å². The molecule has 2 aromatic rings. The van der Waals surface area contributed by atoms with Crippen LogP contribution in [0.2, 0.25) is 0 Å². The number of para-hydroxylation sites is 1. The van der Waals surface area contributed by atoms with E-state index >= 15 is 0 Å². The highest BCUT2D eigenvalue weighted by Crippen LogP contribution is 2.15. The van der Waals surface area contributed by atoms with Crippen molar-refractivity contribution < 1.29 is 9.59 Å². The van der Waals surface area contributed by atoms with E-state index in [-0.39, 0.29) is 23.6 Å². The van der Waals surface area contributed by atoms with Gasteiger partial charge in [-0.1, -0.05) is 18.2 Å². The van der Waals surface area contributed by atoms with Crippen LogP contribution in [0.3, 0.4) is 0 Å². The molecule has 1 fully saturated rings. The summed E-state index contributed by atoms with van der Waals surface area (Å²) in [5.74, 6) is -0.533. The number of pyridine rings is 1. The Labute approximate surface area is 151 Å². The molecule has 7 heteroatoms. The minimum atomic E-state index is -0.418. The van der Waals surface area contributed by atoms with Crippen molar-refractivity contribution in [3.8, 4) is 0 Å². The van der Waals surface area contributed by atoms with Crippen molar-refractivity contribution >= 4 is 17.5 Å². The molecule has 0 aliphatic carbocycles.